The van der Waals surface area contributed by atoms with Gasteiger partial charge in [-0.05, 0) is 24.6 Å². The third kappa shape index (κ3) is 3.95. The van der Waals surface area contributed by atoms with Crippen molar-refractivity contribution in [3.05, 3.63) is 41.6 Å². The zero-order valence-electron chi connectivity index (χ0n) is 11.1. The number of rotatable bonds is 5. The molecule has 108 valence electrons. The molecule has 1 aromatic carbocycles. The van der Waals surface area contributed by atoms with E-state index in [9.17, 15) is 13.2 Å². The van der Waals surface area contributed by atoms with Crippen LogP contribution >= 0.6 is 0 Å². The normalized spacial score (nSPS) is 12.6. The second kappa shape index (κ2) is 6.38. The molecule has 0 aromatic heterocycles. The maximum atomic E-state index is 12.9. The fourth-order valence-corrected chi connectivity index (χ4v) is 1.70. The first-order valence-electron chi connectivity index (χ1n) is 6.08. The Morgan fingerprint density at radius 3 is 2.60 bits per heavy atom. The smallest absolute Gasteiger partial charge is 0.417 e. The molecule has 0 radical (unpaired) electrons. The summed E-state index contributed by atoms with van der Waals surface area (Å²) in [5, 5.41) is 0. The fraction of sp³-hybridized carbons (Fsp3) is 0.333. The number of hydrogen-bond donors (Lipinski definition) is 1. The molecule has 2 nitrogen and oxygen atoms in total. The number of nitrogens with two attached hydrogens (primary N) is 1. The fourth-order valence-electron chi connectivity index (χ4n) is 1.70. The van der Waals surface area contributed by atoms with Crippen LogP contribution in [0.1, 0.15) is 30.9 Å². The number of ether oxygens (including phenoxy) is 1. The van der Waals surface area contributed by atoms with Gasteiger partial charge in [-0.3, -0.25) is 0 Å². The van der Waals surface area contributed by atoms with Crippen molar-refractivity contribution in [2.45, 2.75) is 32.0 Å². The quantitative estimate of drug-likeness (QED) is 0.836. The third-order valence-electron chi connectivity index (χ3n) is 2.69. The number of alkyl halides is 3. The highest BCUT2D eigenvalue weighted by molar-refractivity contribution is 5.46. The number of hydrogen-bond acceptors (Lipinski definition) is 2. The highest BCUT2D eigenvalue weighted by Crippen LogP contribution is 2.34. The molecule has 0 saturated carbocycles. The van der Waals surface area contributed by atoms with Crippen LogP contribution in [0.25, 0.3) is 0 Å². The van der Waals surface area contributed by atoms with E-state index >= 15 is 0 Å². The van der Waals surface area contributed by atoms with Gasteiger partial charge in [0.15, 0.2) is 0 Å². The lowest BCUT2D eigenvalue weighted by molar-refractivity contribution is -0.137. The molecule has 0 amide bonds. The van der Waals surface area contributed by atoms with E-state index in [4.69, 9.17) is 16.9 Å². The van der Waals surface area contributed by atoms with Gasteiger partial charge in [0.1, 0.15) is 11.9 Å². The molecule has 1 aromatic rings. The van der Waals surface area contributed by atoms with Crippen LogP contribution in [0.3, 0.4) is 0 Å². The van der Waals surface area contributed by atoms with Crippen LogP contribution < -0.4 is 10.5 Å². The van der Waals surface area contributed by atoms with E-state index in [0.29, 0.717) is 6.42 Å². The van der Waals surface area contributed by atoms with Crippen molar-refractivity contribution in [1.82, 2.24) is 0 Å². The first-order valence-corrected chi connectivity index (χ1v) is 6.08. The monoisotopic (exact) mass is 283 g/mol. The van der Waals surface area contributed by atoms with E-state index in [1.807, 2.05) is 12.8 Å². The lowest BCUT2D eigenvalue weighted by Crippen LogP contribution is -2.23. The summed E-state index contributed by atoms with van der Waals surface area (Å²) in [5.74, 6) is 2.08. The van der Waals surface area contributed by atoms with Crippen molar-refractivity contribution in [3.63, 3.8) is 0 Å². The zero-order chi connectivity index (χ0) is 15.3. The Labute approximate surface area is 116 Å². The van der Waals surface area contributed by atoms with Crippen molar-refractivity contribution in [2.75, 3.05) is 0 Å². The van der Waals surface area contributed by atoms with Crippen molar-refractivity contribution in [2.24, 2.45) is 5.73 Å². The summed E-state index contributed by atoms with van der Waals surface area (Å²) in [5.41, 5.74) is 4.74. The molecule has 0 fully saturated rings. The lowest BCUT2D eigenvalue weighted by atomic mass is 10.1. The Morgan fingerprint density at radius 1 is 1.50 bits per heavy atom. The van der Waals surface area contributed by atoms with Gasteiger partial charge < -0.3 is 10.5 Å². The predicted octanol–water partition coefficient (Wildman–Crippen LogP) is 3.71. The van der Waals surface area contributed by atoms with Gasteiger partial charge in [0.05, 0.1) is 5.56 Å². The number of benzene rings is 1. The number of halogens is 3. The Balaban J connectivity index is 3.09. The molecule has 0 spiro atoms. The van der Waals surface area contributed by atoms with Crippen LogP contribution in [0.5, 0.6) is 5.75 Å². The maximum absolute atomic E-state index is 12.9. The second-order valence-corrected chi connectivity index (χ2v) is 4.32. The van der Waals surface area contributed by atoms with Gasteiger partial charge in [-0.25, -0.2) is 0 Å². The summed E-state index contributed by atoms with van der Waals surface area (Å²) in [4.78, 5) is 0. The van der Waals surface area contributed by atoms with Crippen LogP contribution in [0.4, 0.5) is 13.2 Å². The molecule has 0 aliphatic rings. The van der Waals surface area contributed by atoms with Gasteiger partial charge in [-0.1, -0.05) is 25.8 Å². The van der Waals surface area contributed by atoms with Gasteiger partial charge in [-0.2, -0.15) is 13.2 Å². The summed E-state index contributed by atoms with van der Waals surface area (Å²) < 4.78 is 44.1. The Hall–Kier alpha value is -2.09. The Morgan fingerprint density at radius 2 is 2.15 bits per heavy atom. The highest BCUT2D eigenvalue weighted by Gasteiger charge is 2.33. The largest absolute Gasteiger partial charge is 0.484 e. The molecule has 0 saturated heterocycles. The second-order valence-electron chi connectivity index (χ2n) is 4.32. The van der Waals surface area contributed by atoms with E-state index < -0.39 is 17.8 Å². The minimum Gasteiger partial charge on any atom is -0.484 e. The van der Waals surface area contributed by atoms with Crippen LogP contribution in [0, 0.1) is 12.3 Å². The zero-order valence-corrected chi connectivity index (χ0v) is 11.1. The topological polar surface area (TPSA) is 35.2 Å². The average molecular weight is 283 g/mol. The molecule has 1 atom stereocenters. The highest BCUT2D eigenvalue weighted by atomic mass is 19.4. The van der Waals surface area contributed by atoms with E-state index in [2.05, 4.69) is 6.58 Å². The summed E-state index contributed by atoms with van der Waals surface area (Å²) in [6.45, 7) is 5.49. The molecule has 1 rings (SSSR count). The summed E-state index contributed by atoms with van der Waals surface area (Å²) in [7, 11) is 0. The molecular weight excluding hydrogens is 267 g/mol. The molecule has 0 aliphatic heterocycles. The van der Waals surface area contributed by atoms with Gasteiger partial charge in [0, 0.05) is 11.3 Å². The average Bonchev–Trinajstić information content (AvgIpc) is 2.37. The van der Waals surface area contributed by atoms with Gasteiger partial charge in [0.2, 0.25) is 0 Å². The first-order chi connectivity index (χ1) is 9.29. The van der Waals surface area contributed by atoms with Crippen LogP contribution in [-0.4, -0.2) is 6.10 Å². The molecule has 0 heterocycles. The maximum Gasteiger partial charge on any atom is 0.417 e. The van der Waals surface area contributed by atoms with E-state index in [1.165, 1.54) is 12.1 Å². The Kier molecular flexibility index (Phi) is 5.09. The summed E-state index contributed by atoms with van der Waals surface area (Å²) >= 11 is 0. The predicted molar refractivity (Wildman–Crippen MR) is 72.0 cm³/mol. The Bertz CT molecular complexity index is 529. The van der Waals surface area contributed by atoms with Crippen molar-refractivity contribution < 1.29 is 17.9 Å². The van der Waals surface area contributed by atoms with Crippen LogP contribution in [-0.2, 0) is 6.18 Å². The number of terminal acetylenes is 1. The van der Waals surface area contributed by atoms with Gasteiger partial charge in [0.25, 0.3) is 0 Å². The van der Waals surface area contributed by atoms with Crippen LogP contribution in [0.15, 0.2) is 30.5 Å². The third-order valence-corrected chi connectivity index (χ3v) is 2.69. The van der Waals surface area contributed by atoms with Crippen molar-refractivity contribution >= 4 is 0 Å². The van der Waals surface area contributed by atoms with Gasteiger partial charge >= 0.3 is 6.18 Å². The standard InChI is InChI=1S/C15H16F3NO/c1-4-6-14(10(3)19)20-12-8-7-11(5-2)13(9-12)15(16,17)18/h2,7-9,14H,3-4,6,19H2,1H3. The molecule has 0 bridgehead atoms. The first kappa shape index (κ1) is 16.0. The van der Waals surface area contributed by atoms with E-state index in [-0.39, 0.29) is 17.0 Å². The van der Waals surface area contributed by atoms with Crippen LogP contribution in [0.2, 0.25) is 0 Å². The molecule has 1 unspecified atom stereocenters. The molecular formula is C15H16F3NO. The minimum atomic E-state index is -4.53. The molecule has 0 aliphatic carbocycles. The lowest BCUT2D eigenvalue weighted by Gasteiger charge is -2.19. The van der Waals surface area contributed by atoms with Crippen molar-refractivity contribution in [3.8, 4) is 18.1 Å². The van der Waals surface area contributed by atoms with E-state index in [0.717, 1.165) is 12.5 Å². The van der Waals surface area contributed by atoms with Gasteiger partial charge in [-0.15, -0.1) is 6.42 Å². The summed E-state index contributed by atoms with van der Waals surface area (Å²) in [6.07, 6.45) is 1.38. The SMILES string of the molecule is C#Cc1ccc(OC(CCC)C(=C)N)cc1C(F)(F)F. The van der Waals surface area contributed by atoms with E-state index in [1.54, 1.807) is 0 Å². The molecule has 20 heavy (non-hydrogen) atoms. The van der Waals surface area contributed by atoms with Crippen molar-refractivity contribution in [1.29, 1.82) is 0 Å². The molecule has 2 N–H and O–H groups in total. The summed E-state index contributed by atoms with van der Waals surface area (Å²) in [6, 6.07) is 3.50. The minimum absolute atomic E-state index is 0.0707. The molecule has 5 heteroatoms.